The molecule has 0 aliphatic rings. The van der Waals surface area contributed by atoms with E-state index in [0.717, 1.165) is 18.8 Å². The Hall–Kier alpha value is -0.880. The summed E-state index contributed by atoms with van der Waals surface area (Å²) in [5, 5.41) is 7.76. The molecule has 0 fully saturated rings. The van der Waals surface area contributed by atoms with E-state index in [-0.39, 0.29) is 0 Å². The van der Waals surface area contributed by atoms with Crippen LogP contribution in [0.2, 0.25) is 0 Å². The maximum Gasteiger partial charge on any atom is 0.0638 e. The van der Waals surface area contributed by atoms with Gasteiger partial charge in [0.25, 0.3) is 0 Å². The zero-order valence-corrected chi connectivity index (χ0v) is 12.2. The molecule has 3 nitrogen and oxygen atoms in total. The lowest BCUT2D eigenvalue weighted by atomic mass is 10.2. The molecule has 0 radical (unpaired) electrons. The van der Waals surface area contributed by atoms with Crippen LogP contribution in [0.15, 0.2) is 30.5 Å². The van der Waals surface area contributed by atoms with E-state index in [0.29, 0.717) is 0 Å². The first-order valence-electron chi connectivity index (χ1n) is 5.59. The van der Waals surface area contributed by atoms with Crippen molar-refractivity contribution in [3.8, 4) is 0 Å². The minimum atomic E-state index is 0.867. The Morgan fingerprint density at radius 3 is 2.53 bits per heavy atom. The highest BCUT2D eigenvalue weighted by Crippen LogP contribution is 2.08. The Labute approximate surface area is 115 Å². The zero-order valence-electron chi connectivity index (χ0n) is 10.1. The summed E-state index contributed by atoms with van der Waals surface area (Å²) in [6.45, 7) is 3.80. The van der Waals surface area contributed by atoms with Gasteiger partial charge in [0.2, 0.25) is 0 Å². The molecule has 0 bridgehead atoms. The van der Waals surface area contributed by atoms with E-state index in [2.05, 4.69) is 63.5 Å². The lowest BCUT2D eigenvalue weighted by Crippen LogP contribution is -2.12. The van der Waals surface area contributed by atoms with E-state index in [4.69, 9.17) is 0 Å². The van der Waals surface area contributed by atoms with Gasteiger partial charge < -0.3 is 5.32 Å². The Balaban J connectivity index is 1.87. The van der Waals surface area contributed by atoms with Crippen molar-refractivity contribution >= 4 is 22.6 Å². The number of rotatable bonds is 4. The van der Waals surface area contributed by atoms with Gasteiger partial charge in [-0.1, -0.05) is 12.1 Å². The van der Waals surface area contributed by atoms with E-state index in [1.807, 2.05) is 18.7 Å². The quantitative estimate of drug-likeness (QED) is 0.867. The first kappa shape index (κ1) is 12.6. The van der Waals surface area contributed by atoms with Crippen molar-refractivity contribution in [2.24, 2.45) is 7.05 Å². The molecule has 0 amide bonds. The van der Waals surface area contributed by atoms with E-state index in [9.17, 15) is 0 Å². The number of benzene rings is 1. The lowest BCUT2D eigenvalue weighted by molar-refractivity contribution is 0.690. The highest BCUT2D eigenvalue weighted by Gasteiger charge is 2.02. The average molecular weight is 341 g/mol. The van der Waals surface area contributed by atoms with Crippen LogP contribution >= 0.6 is 22.6 Å². The van der Waals surface area contributed by atoms with Crippen LogP contribution in [0.3, 0.4) is 0 Å². The standard InChI is InChI=1S/C13H16IN3/c1-10-12(9-17(2)16-10)8-15-7-11-3-5-13(14)6-4-11/h3-6,9,15H,7-8H2,1-2H3. The van der Waals surface area contributed by atoms with Gasteiger partial charge in [-0.05, 0) is 47.2 Å². The van der Waals surface area contributed by atoms with Crippen molar-refractivity contribution in [3.05, 3.63) is 50.9 Å². The van der Waals surface area contributed by atoms with E-state index >= 15 is 0 Å². The van der Waals surface area contributed by atoms with Crippen molar-refractivity contribution in [3.63, 3.8) is 0 Å². The second-order valence-electron chi connectivity index (χ2n) is 4.14. The van der Waals surface area contributed by atoms with Gasteiger partial charge in [-0.3, -0.25) is 4.68 Å². The molecule has 0 saturated heterocycles. The molecule has 0 spiro atoms. The number of nitrogens with one attached hydrogen (secondary N) is 1. The number of hydrogen-bond donors (Lipinski definition) is 1. The van der Waals surface area contributed by atoms with Crippen molar-refractivity contribution in [2.75, 3.05) is 0 Å². The molecular weight excluding hydrogens is 325 g/mol. The molecule has 2 aromatic rings. The maximum absolute atomic E-state index is 4.32. The minimum absolute atomic E-state index is 0.867. The summed E-state index contributed by atoms with van der Waals surface area (Å²) >= 11 is 2.32. The van der Waals surface area contributed by atoms with Crippen molar-refractivity contribution in [1.29, 1.82) is 0 Å². The molecule has 1 aromatic heterocycles. The van der Waals surface area contributed by atoms with Crippen molar-refractivity contribution < 1.29 is 0 Å². The fourth-order valence-electron chi connectivity index (χ4n) is 1.77. The summed E-state index contributed by atoms with van der Waals surface area (Å²) in [6, 6.07) is 8.58. The summed E-state index contributed by atoms with van der Waals surface area (Å²) in [5.41, 5.74) is 3.67. The Morgan fingerprint density at radius 1 is 1.24 bits per heavy atom. The molecular formula is C13H16IN3. The van der Waals surface area contributed by atoms with Gasteiger partial charge in [-0.25, -0.2) is 0 Å². The molecule has 0 atom stereocenters. The SMILES string of the molecule is Cc1nn(C)cc1CNCc1ccc(I)cc1. The second kappa shape index (κ2) is 5.64. The number of aromatic nitrogens is 2. The molecule has 17 heavy (non-hydrogen) atoms. The average Bonchev–Trinajstić information content (AvgIpc) is 2.60. The number of aryl methyl sites for hydroxylation is 2. The minimum Gasteiger partial charge on any atom is -0.308 e. The molecule has 2 rings (SSSR count). The fraction of sp³-hybridized carbons (Fsp3) is 0.308. The first-order valence-corrected chi connectivity index (χ1v) is 6.67. The van der Waals surface area contributed by atoms with Gasteiger partial charge in [0.1, 0.15) is 0 Å². The van der Waals surface area contributed by atoms with Crippen LogP contribution in [0.5, 0.6) is 0 Å². The van der Waals surface area contributed by atoms with Crippen LogP contribution in [0, 0.1) is 10.5 Å². The van der Waals surface area contributed by atoms with Gasteiger partial charge in [0, 0.05) is 35.5 Å². The predicted octanol–water partition coefficient (Wildman–Crippen LogP) is 2.62. The Kier molecular flexibility index (Phi) is 4.17. The number of halogens is 1. The van der Waals surface area contributed by atoms with E-state index in [1.165, 1.54) is 14.7 Å². The molecule has 0 aliphatic carbocycles. The molecule has 0 unspecified atom stereocenters. The van der Waals surface area contributed by atoms with Crippen molar-refractivity contribution in [1.82, 2.24) is 15.1 Å². The zero-order chi connectivity index (χ0) is 12.3. The highest BCUT2D eigenvalue weighted by atomic mass is 127. The van der Waals surface area contributed by atoms with Gasteiger partial charge >= 0.3 is 0 Å². The van der Waals surface area contributed by atoms with Gasteiger partial charge in [-0.15, -0.1) is 0 Å². The molecule has 1 N–H and O–H groups in total. The topological polar surface area (TPSA) is 29.9 Å². The lowest BCUT2D eigenvalue weighted by Gasteiger charge is -2.04. The van der Waals surface area contributed by atoms with E-state index < -0.39 is 0 Å². The molecule has 90 valence electrons. The molecule has 1 aromatic carbocycles. The Bertz CT molecular complexity index is 488. The van der Waals surface area contributed by atoms with Crippen LogP contribution in [-0.2, 0) is 20.1 Å². The molecule has 4 heteroatoms. The van der Waals surface area contributed by atoms with Crippen LogP contribution in [-0.4, -0.2) is 9.78 Å². The second-order valence-corrected chi connectivity index (χ2v) is 5.39. The first-order chi connectivity index (χ1) is 8.15. The monoisotopic (exact) mass is 341 g/mol. The summed E-state index contributed by atoms with van der Waals surface area (Å²) in [7, 11) is 1.95. The number of hydrogen-bond acceptors (Lipinski definition) is 2. The largest absolute Gasteiger partial charge is 0.308 e. The maximum atomic E-state index is 4.32. The molecule has 0 aliphatic heterocycles. The summed E-state index contributed by atoms with van der Waals surface area (Å²) in [5.74, 6) is 0. The highest BCUT2D eigenvalue weighted by molar-refractivity contribution is 14.1. The van der Waals surface area contributed by atoms with Crippen LogP contribution < -0.4 is 5.32 Å². The van der Waals surface area contributed by atoms with E-state index in [1.54, 1.807) is 0 Å². The van der Waals surface area contributed by atoms with Gasteiger partial charge in [-0.2, -0.15) is 5.10 Å². The van der Waals surface area contributed by atoms with Crippen LogP contribution in [0.1, 0.15) is 16.8 Å². The third kappa shape index (κ3) is 3.54. The van der Waals surface area contributed by atoms with Gasteiger partial charge in [0.15, 0.2) is 0 Å². The Morgan fingerprint density at radius 2 is 1.94 bits per heavy atom. The molecule has 0 saturated carbocycles. The smallest absolute Gasteiger partial charge is 0.0638 e. The van der Waals surface area contributed by atoms with Gasteiger partial charge in [0.05, 0.1) is 5.69 Å². The normalized spacial score (nSPS) is 10.8. The summed E-state index contributed by atoms with van der Waals surface area (Å²) < 4.78 is 3.13. The summed E-state index contributed by atoms with van der Waals surface area (Å²) in [6.07, 6.45) is 2.07. The van der Waals surface area contributed by atoms with Crippen molar-refractivity contribution in [2.45, 2.75) is 20.0 Å². The fourth-order valence-corrected chi connectivity index (χ4v) is 2.13. The number of nitrogens with zero attached hydrogens (tertiary/aromatic N) is 2. The van der Waals surface area contributed by atoms with Crippen LogP contribution in [0.4, 0.5) is 0 Å². The predicted molar refractivity (Wildman–Crippen MR) is 77.6 cm³/mol. The van der Waals surface area contributed by atoms with Crippen LogP contribution in [0.25, 0.3) is 0 Å². The third-order valence-corrected chi connectivity index (χ3v) is 3.39. The summed E-state index contributed by atoms with van der Waals surface area (Å²) in [4.78, 5) is 0. The molecule has 1 heterocycles. The third-order valence-electron chi connectivity index (χ3n) is 2.67.